The molecule has 0 fully saturated rings. The largest absolute Gasteiger partial charge is 0.478 e. The van der Waals surface area contributed by atoms with E-state index in [9.17, 15) is 14.4 Å². The van der Waals surface area contributed by atoms with Crippen LogP contribution in [0, 0.1) is 5.41 Å². The highest BCUT2D eigenvalue weighted by Gasteiger charge is 2.21. The second-order valence-corrected chi connectivity index (χ2v) is 6.09. The topological polar surface area (TPSA) is 98.7 Å². The van der Waals surface area contributed by atoms with Gasteiger partial charge < -0.3 is 15.3 Å². The average Bonchev–Trinajstić information content (AvgIpc) is 2.33. The molecule has 0 rings (SSSR count). The van der Waals surface area contributed by atoms with E-state index in [2.05, 4.69) is 10.6 Å². The Kier molecular flexibility index (Phi) is 7.08. The average molecular weight is 299 g/mol. The summed E-state index contributed by atoms with van der Waals surface area (Å²) in [6.45, 7) is 7.84. The SMILES string of the molecule is CC(C(=O)O)=C(C)C(=O)NC(=O)NCC(C)(C)CN(C)C. The van der Waals surface area contributed by atoms with Crippen molar-refractivity contribution in [1.82, 2.24) is 15.5 Å². The van der Waals surface area contributed by atoms with Crippen molar-refractivity contribution in [2.75, 3.05) is 27.2 Å². The maximum absolute atomic E-state index is 11.7. The van der Waals surface area contributed by atoms with Crippen LogP contribution in [0.2, 0.25) is 0 Å². The zero-order chi connectivity index (χ0) is 16.8. The highest BCUT2D eigenvalue weighted by molar-refractivity contribution is 6.07. The van der Waals surface area contributed by atoms with Gasteiger partial charge in [0.1, 0.15) is 0 Å². The predicted octanol–water partition coefficient (Wildman–Crippen LogP) is 0.821. The quantitative estimate of drug-likeness (QED) is 0.631. The maximum atomic E-state index is 11.7. The van der Waals surface area contributed by atoms with Crippen molar-refractivity contribution in [3.8, 4) is 0 Å². The second kappa shape index (κ2) is 7.78. The van der Waals surface area contributed by atoms with E-state index < -0.39 is 17.9 Å². The predicted molar refractivity (Wildman–Crippen MR) is 79.9 cm³/mol. The molecule has 0 atom stereocenters. The van der Waals surface area contributed by atoms with Crippen LogP contribution < -0.4 is 10.6 Å². The van der Waals surface area contributed by atoms with Crippen molar-refractivity contribution in [3.63, 3.8) is 0 Å². The number of hydrogen-bond donors (Lipinski definition) is 3. The number of urea groups is 1. The van der Waals surface area contributed by atoms with Crippen LogP contribution in [0.5, 0.6) is 0 Å². The summed E-state index contributed by atoms with van der Waals surface area (Å²) in [6.07, 6.45) is 0. The summed E-state index contributed by atoms with van der Waals surface area (Å²) in [5.41, 5.74) is -0.232. The molecule has 0 aromatic heterocycles. The van der Waals surface area contributed by atoms with Gasteiger partial charge >= 0.3 is 12.0 Å². The number of amides is 3. The van der Waals surface area contributed by atoms with Gasteiger partial charge in [-0.15, -0.1) is 0 Å². The van der Waals surface area contributed by atoms with E-state index in [4.69, 9.17) is 5.11 Å². The Morgan fingerprint density at radius 2 is 1.62 bits per heavy atom. The fraction of sp³-hybridized carbons (Fsp3) is 0.643. The van der Waals surface area contributed by atoms with Crippen LogP contribution in [0.25, 0.3) is 0 Å². The van der Waals surface area contributed by atoms with E-state index in [1.54, 1.807) is 0 Å². The number of rotatable bonds is 6. The lowest BCUT2D eigenvalue weighted by molar-refractivity contribution is -0.133. The van der Waals surface area contributed by atoms with Gasteiger partial charge in [-0.3, -0.25) is 10.1 Å². The molecule has 0 spiro atoms. The molecule has 0 aliphatic heterocycles. The minimum atomic E-state index is -1.19. The molecule has 0 unspecified atom stereocenters. The van der Waals surface area contributed by atoms with Gasteiger partial charge in [0, 0.05) is 24.2 Å². The normalized spacial score (nSPS) is 12.7. The van der Waals surface area contributed by atoms with Gasteiger partial charge in [0.05, 0.1) is 0 Å². The molecule has 0 aliphatic carbocycles. The van der Waals surface area contributed by atoms with E-state index in [-0.39, 0.29) is 16.6 Å². The summed E-state index contributed by atoms with van der Waals surface area (Å²) in [7, 11) is 3.88. The molecule has 7 heteroatoms. The maximum Gasteiger partial charge on any atom is 0.331 e. The van der Waals surface area contributed by atoms with Gasteiger partial charge in [0.25, 0.3) is 5.91 Å². The highest BCUT2D eigenvalue weighted by atomic mass is 16.4. The van der Waals surface area contributed by atoms with Crippen molar-refractivity contribution >= 4 is 17.9 Å². The zero-order valence-electron chi connectivity index (χ0n) is 13.5. The molecule has 7 nitrogen and oxygen atoms in total. The number of aliphatic carboxylic acids is 1. The minimum Gasteiger partial charge on any atom is -0.478 e. The number of imide groups is 1. The van der Waals surface area contributed by atoms with Gasteiger partial charge in [-0.1, -0.05) is 13.8 Å². The van der Waals surface area contributed by atoms with Crippen LogP contribution in [-0.4, -0.2) is 55.1 Å². The Bertz CT molecular complexity index is 453. The molecule has 3 N–H and O–H groups in total. The third-order valence-electron chi connectivity index (χ3n) is 2.92. The van der Waals surface area contributed by atoms with Crippen LogP contribution in [0.1, 0.15) is 27.7 Å². The number of nitrogens with one attached hydrogen (secondary N) is 2. The van der Waals surface area contributed by atoms with E-state index in [0.29, 0.717) is 6.54 Å². The lowest BCUT2D eigenvalue weighted by atomic mass is 9.93. The van der Waals surface area contributed by atoms with Crippen LogP contribution in [0.15, 0.2) is 11.1 Å². The Balaban J connectivity index is 4.49. The van der Waals surface area contributed by atoms with Crippen LogP contribution >= 0.6 is 0 Å². The number of carboxylic acids is 1. The van der Waals surface area contributed by atoms with Crippen molar-refractivity contribution in [3.05, 3.63) is 11.1 Å². The number of nitrogens with zero attached hydrogens (tertiary/aromatic N) is 1. The van der Waals surface area contributed by atoms with E-state index >= 15 is 0 Å². The molecule has 0 saturated heterocycles. The molecule has 120 valence electrons. The van der Waals surface area contributed by atoms with Gasteiger partial charge in [-0.2, -0.15) is 0 Å². The van der Waals surface area contributed by atoms with E-state index in [1.165, 1.54) is 13.8 Å². The van der Waals surface area contributed by atoms with Crippen molar-refractivity contribution in [2.45, 2.75) is 27.7 Å². The molecule has 0 heterocycles. The van der Waals surface area contributed by atoms with Gasteiger partial charge in [0.15, 0.2) is 0 Å². The third kappa shape index (κ3) is 7.45. The summed E-state index contributed by atoms with van der Waals surface area (Å²) in [5.74, 6) is -1.90. The molecule has 21 heavy (non-hydrogen) atoms. The first-order chi connectivity index (χ1) is 9.46. The summed E-state index contributed by atoms with van der Waals surface area (Å²) in [5, 5.41) is 13.5. The molecule has 0 aromatic rings. The fourth-order valence-electron chi connectivity index (χ4n) is 1.80. The minimum absolute atomic E-state index is 0.00482. The summed E-state index contributed by atoms with van der Waals surface area (Å²) >= 11 is 0. The first-order valence-electron chi connectivity index (χ1n) is 6.61. The lowest BCUT2D eigenvalue weighted by Crippen LogP contribution is -2.45. The molecular weight excluding hydrogens is 274 g/mol. The molecule has 0 radical (unpaired) electrons. The Morgan fingerprint density at radius 3 is 2.05 bits per heavy atom. The summed E-state index contributed by atoms with van der Waals surface area (Å²) in [4.78, 5) is 36.1. The smallest absolute Gasteiger partial charge is 0.331 e. The fourth-order valence-corrected chi connectivity index (χ4v) is 1.80. The van der Waals surface area contributed by atoms with E-state index in [1.807, 2.05) is 32.8 Å². The highest BCUT2D eigenvalue weighted by Crippen LogP contribution is 2.13. The van der Waals surface area contributed by atoms with Crippen molar-refractivity contribution in [2.24, 2.45) is 5.41 Å². The molecule has 0 bridgehead atoms. The first-order valence-corrected chi connectivity index (χ1v) is 6.61. The van der Waals surface area contributed by atoms with Crippen molar-refractivity contribution in [1.29, 1.82) is 0 Å². The second-order valence-electron chi connectivity index (χ2n) is 6.09. The van der Waals surface area contributed by atoms with Crippen LogP contribution in [-0.2, 0) is 9.59 Å². The summed E-state index contributed by atoms with van der Waals surface area (Å²) < 4.78 is 0. The van der Waals surface area contributed by atoms with Gasteiger partial charge in [-0.05, 0) is 33.4 Å². The number of carbonyl (C=O) groups is 3. The third-order valence-corrected chi connectivity index (χ3v) is 2.92. The molecule has 0 saturated carbocycles. The van der Waals surface area contributed by atoms with Crippen LogP contribution in [0.3, 0.4) is 0 Å². The zero-order valence-corrected chi connectivity index (χ0v) is 13.5. The first kappa shape index (κ1) is 19.1. The van der Waals surface area contributed by atoms with Crippen LogP contribution in [0.4, 0.5) is 4.79 Å². The standard InChI is InChI=1S/C14H25N3O4/c1-9(10(2)12(19)20)11(18)16-13(21)15-7-14(3,4)8-17(5)6/h7-8H2,1-6H3,(H,19,20)(H2,15,16,18,21). The Labute approximate surface area is 125 Å². The van der Waals surface area contributed by atoms with Gasteiger partial charge in [-0.25, -0.2) is 9.59 Å². The number of carboxylic acid groups (broad SMARTS) is 1. The monoisotopic (exact) mass is 299 g/mol. The molecule has 0 aromatic carbocycles. The Morgan fingerprint density at radius 1 is 1.10 bits per heavy atom. The molecular formula is C14H25N3O4. The van der Waals surface area contributed by atoms with Gasteiger partial charge in [0.2, 0.25) is 0 Å². The molecule has 0 aliphatic rings. The Hall–Kier alpha value is -1.89. The molecule has 3 amide bonds. The van der Waals surface area contributed by atoms with E-state index in [0.717, 1.165) is 6.54 Å². The number of carbonyl (C=O) groups excluding carboxylic acids is 2. The number of hydrogen-bond acceptors (Lipinski definition) is 4. The van der Waals surface area contributed by atoms with Crippen molar-refractivity contribution < 1.29 is 19.5 Å². The lowest BCUT2D eigenvalue weighted by Gasteiger charge is -2.28. The summed E-state index contributed by atoms with van der Waals surface area (Å²) in [6, 6.07) is -0.635.